The first-order valence-corrected chi connectivity index (χ1v) is 6.26. The first-order chi connectivity index (χ1) is 9.43. The lowest BCUT2D eigenvalue weighted by molar-refractivity contribution is 0.740. The maximum Gasteiger partial charge on any atom is 0.156 e. The molecule has 0 bridgehead atoms. The van der Waals surface area contributed by atoms with Crippen molar-refractivity contribution in [1.29, 1.82) is 0 Å². The molecular weight excluding hydrogens is 236 g/mol. The van der Waals surface area contributed by atoms with Crippen molar-refractivity contribution in [2.24, 2.45) is 0 Å². The van der Waals surface area contributed by atoms with Gasteiger partial charge in [0.05, 0.1) is 0 Å². The van der Waals surface area contributed by atoms with Crippen LogP contribution in [0.2, 0.25) is 0 Å². The predicted molar refractivity (Wildman–Crippen MR) is 72.6 cm³/mol. The number of hydrogen-bond donors (Lipinski definition) is 1. The minimum atomic E-state index is 0.151. The van der Waals surface area contributed by atoms with Crippen molar-refractivity contribution in [3.05, 3.63) is 77.6 Å². The molecule has 1 atom stereocenters. The molecule has 0 aliphatic heterocycles. The van der Waals surface area contributed by atoms with Crippen LogP contribution in [-0.2, 0) is 6.42 Å². The fraction of sp³-hybridized carbons (Fsp3) is 0.133. The van der Waals surface area contributed by atoms with Crippen LogP contribution in [-0.4, -0.2) is 20.6 Å². The van der Waals surface area contributed by atoms with E-state index in [-0.39, 0.29) is 5.92 Å². The Balaban J connectivity index is 1.94. The second kappa shape index (κ2) is 5.44. The monoisotopic (exact) mass is 250 g/mol. The molecule has 94 valence electrons. The van der Waals surface area contributed by atoms with Gasteiger partial charge in [0.15, 0.2) is 5.82 Å². The first-order valence-electron chi connectivity index (χ1n) is 6.26. The van der Waals surface area contributed by atoms with Gasteiger partial charge >= 0.3 is 0 Å². The van der Waals surface area contributed by atoms with Crippen LogP contribution >= 0.6 is 0 Å². The van der Waals surface area contributed by atoms with Crippen molar-refractivity contribution in [3.8, 4) is 0 Å². The summed E-state index contributed by atoms with van der Waals surface area (Å²) in [6, 6.07) is 20.7. The molecule has 4 heteroatoms. The quantitative estimate of drug-likeness (QED) is 0.774. The van der Waals surface area contributed by atoms with Gasteiger partial charge in [0.1, 0.15) is 0 Å². The fourth-order valence-electron chi connectivity index (χ4n) is 2.22. The highest BCUT2D eigenvalue weighted by atomic mass is 15.5. The van der Waals surface area contributed by atoms with Crippen LogP contribution < -0.4 is 0 Å². The molecule has 0 saturated heterocycles. The van der Waals surface area contributed by atoms with Crippen LogP contribution in [0.25, 0.3) is 0 Å². The Bertz CT molecular complexity index is 605. The van der Waals surface area contributed by atoms with Crippen LogP contribution in [0, 0.1) is 0 Å². The average molecular weight is 250 g/mol. The lowest BCUT2D eigenvalue weighted by atomic mass is 9.91. The standard InChI is InChI=1S/C15H14N4/c1-3-7-12(8-4-1)11-14(15-16-18-19-17-15)13-9-5-2-6-10-13/h1-10,14H,11H2,(H,16,17,18,19). The number of aromatic nitrogens is 4. The van der Waals surface area contributed by atoms with Gasteiger partial charge in [-0.05, 0) is 28.0 Å². The zero-order valence-corrected chi connectivity index (χ0v) is 10.4. The molecule has 0 fully saturated rings. The normalized spacial score (nSPS) is 12.2. The largest absolute Gasteiger partial charge is 0.242 e. The number of nitrogens with one attached hydrogen (secondary N) is 1. The molecule has 1 N–H and O–H groups in total. The highest BCUT2D eigenvalue weighted by molar-refractivity contribution is 5.28. The zero-order chi connectivity index (χ0) is 12.9. The summed E-state index contributed by atoms with van der Waals surface area (Å²) in [5, 5.41) is 14.3. The van der Waals surface area contributed by atoms with Gasteiger partial charge in [-0.3, -0.25) is 0 Å². The van der Waals surface area contributed by atoms with E-state index in [4.69, 9.17) is 0 Å². The summed E-state index contributed by atoms with van der Waals surface area (Å²) >= 11 is 0. The summed E-state index contributed by atoms with van der Waals surface area (Å²) in [4.78, 5) is 0. The van der Waals surface area contributed by atoms with E-state index in [0.29, 0.717) is 0 Å². The number of hydrogen-bond acceptors (Lipinski definition) is 3. The SMILES string of the molecule is c1ccc(CC(c2ccccc2)c2nnn[nH]2)cc1. The second-order valence-electron chi connectivity index (χ2n) is 4.44. The van der Waals surface area contributed by atoms with Gasteiger partial charge in [-0.2, -0.15) is 0 Å². The van der Waals surface area contributed by atoms with E-state index in [1.54, 1.807) is 0 Å². The smallest absolute Gasteiger partial charge is 0.156 e. The van der Waals surface area contributed by atoms with Crippen LogP contribution in [0.5, 0.6) is 0 Å². The molecule has 0 spiro atoms. The minimum Gasteiger partial charge on any atom is -0.242 e. The number of nitrogens with zero attached hydrogens (tertiary/aromatic N) is 3. The Morgan fingerprint density at radius 1 is 0.895 bits per heavy atom. The molecular formula is C15H14N4. The van der Waals surface area contributed by atoms with Gasteiger partial charge in [0, 0.05) is 5.92 Å². The number of aromatic amines is 1. The molecule has 3 aromatic rings. The summed E-state index contributed by atoms with van der Waals surface area (Å²) in [5.41, 5.74) is 2.48. The molecule has 3 rings (SSSR count). The number of rotatable bonds is 4. The van der Waals surface area contributed by atoms with Gasteiger partial charge in [-0.1, -0.05) is 60.7 Å². The third-order valence-corrected chi connectivity index (χ3v) is 3.18. The molecule has 1 unspecified atom stereocenters. The highest BCUT2D eigenvalue weighted by Crippen LogP contribution is 2.25. The van der Waals surface area contributed by atoms with Crippen LogP contribution in [0.15, 0.2) is 60.7 Å². The van der Waals surface area contributed by atoms with Gasteiger partial charge < -0.3 is 0 Å². The fourth-order valence-corrected chi connectivity index (χ4v) is 2.22. The van der Waals surface area contributed by atoms with Gasteiger partial charge in [-0.15, -0.1) is 5.10 Å². The van der Waals surface area contributed by atoms with Crippen LogP contribution in [0.4, 0.5) is 0 Å². The average Bonchev–Trinajstić information content (AvgIpc) is 3.01. The second-order valence-corrected chi connectivity index (χ2v) is 4.44. The molecule has 4 nitrogen and oxygen atoms in total. The van der Waals surface area contributed by atoms with Crippen molar-refractivity contribution < 1.29 is 0 Å². The van der Waals surface area contributed by atoms with Crippen LogP contribution in [0.3, 0.4) is 0 Å². The molecule has 0 radical (unpaired) electrons. The van der Waals surface area contributed by atoms with Gasteiger partial charge in [0.2, 0.25) is 0 Å². The van der Waals surface area contributed by atoms with Gasteiger partial charge in [-0.25, -0.2) is 5.10 Å². The van der Waals surface area contributed by atoms with Crippen molar-refractivity contribution in [1.82, 2.24) is 20.6 Å². The number of benzene rings is 2. The lowest BCUT2D eigenvalue weighted by Crippen LogP contribution is -2.07. The lowest BCUT2D eigenvalue weighted by Gasteiger charge is -2.14. The third kappa shape index (κ3) is 2.68. The number of tetrazole rings is 1. The maximum absolute atomic E-state index is 4.07. The summed E-state index contributed by atoms with van der Waals surface area (Å²) in [5.74, 6) is 0.952. The molecule has 0 aliphatic rings. The molecule has 0 saturated carbocycles. The Morgan fingerprint density at radius 3 is 2.21 bits per heavy atom. The number of H-pyrrole nitrogens is 1. The van der Waals surface area contributed by atoms with E-state index in [1.807, 2.05) is 24.3 Å². The van der Waals surface area contributed by atoms with Crippen molar-refractivity contribution in [3.63, 3.8) is 0 Å². The van der Waals surface area contributed by atoms with Crippen molar-refractivity contribution in [2.75, 3.05) is 0 Å². The summed E-state index contributed by atoms with van der Waals surface area (Å²) in [7, 11) is 0. The third-order valence-electron chi connectivity index (χ3n) is 3.18. The maximum atomic E-state index is 4.07. The van der Waals surface area contributed by atoms with E-state index >= 15 is 0 Å². The van der Waals surface area contributed by atoms with E-state index in [2.05, 4.69) is 57.0 Å². The molecule has 19 heavy (non-hydrogen) atoms. The Hall–Kier alpha value is -2.49. The highest BCUT2D eigenvalue weighted by Gasteiger charge is 2.18. The predicted octanol–water partition coefficient (Wildman–Crippen LogP) is 2.57. The van der Waals surface area contributed by atoms with E-state index in [9.17, 15) is 0 Å². The summed E-state index contributed by atoms with van der Waals surface area (Å²) in [6.07, 6.45) is 0.877. The Labute approximate surface area is 111 Å². The van der Waals surface area contributed by atoms with Crippen molar-refractivity contribution in [2.45, 2.75) is 12.3 Å². The molecule has 2 aromatic carbocycles. The van der Waals surface area contributed by atoms with E-state index in [0.717, 1.165) is 12.2 Å². The molecule has 1 aromatic heterocycles. The van der Waals surface area contributed by atoms with Gasteiger partial charge in [0.25, 0.3) is 0 Å². The Kier molecular flexibility index (Phi) is 3.32. The molecule has 0 amide bonds. The summed E-state index contributed by atoms with van der Waals surface area (Å²) in [6.45, 7) is 0. The first kappa shape index (κ1) is 11.6. The van der Waals surface area contributed by atoms with Crippen molar-refractivity contribution >= 4 is 0 Å². The van der Waals surface area contributed by atoms with Crippen LogP contribution in [0.1, 0.15) is 22.9 Å². The zero-order valence-electron chi connectivity index (χ0n) is 10.4. The van der Waals surface area contributed by atoms with E-state index < -0.39 is 0 Å². The Morgan fingerprint density at radius 2 is 1.58 bits per heavy atom. The molecule has 1 heterocycles. The molecule has 0 aliphatic carbocycles. The van der Waals surface area contributed by atoms with E-state index in [1.165, 1.54) is 11.1 Å². The minimum absolute atomic E-state index is 0.151. The topological polar surface area (TPSA) is 54.5 Å². The summed E-state index contributed by atoms with van der Waals surface area (Å²) < 4.78 is 0.